The second kappa shape index (κ2) is 4.95. The number of hydrogen-bond donors (Lipinski definition) is 0. The van der Waals surface area contributed by atoms with Gasteiger partial charge in [-0.05, 0) is 18.1 Å². The van der Waals surface area contributed by atoms with E-state index in [-0.39, 0.29) is 5.56 Å². The number of aromatic nitrogens is 4. The van der Waals surface area contributed by atoms with Crippen LogP contribution in [0.4, 0.5) is 0 Å². The Hall–Kier alpha value is -3.38. The maximum Gasteiger partial charge on any atom is 0.264 e. The molecule has 0 aliphatic carbocycles. The Labute approximate surface area is 119 Å². The van der Waals surface area contributed by atoms with Crippen molar-refractivity contribution in [3.8, 4) is 18.0 Å². The minimum absolute atomic E-state index is 0.175. The zero-order valence-electron chi connectivity index (χ0n) is 11.1. The molecule has 3 rings (SSSR count). The first-order valence-electron chi connectivity index (χ1n) is 6.11. The Morgan fingerprint density at radius 2 is 2.00 bits per heavy atom. The first-order chi connectivity index (χ1) is 10.2. The van der Waals surface area contributed by atoms with Crippen LogP contribution in [0.1, 0.15) is 11.1 Å². The average Bonchev–Trinajstić information content (AvgIpc) is 2.93. The number of rotatable bonds is 0. The highest BCUT2D eigenvalue weighted by molar-refractivity contribution is 5.73. The first-order valence-corrected chi connectivity index (χ1v) is 6.11. The van der Waals surface area contributed by atoms with E-state index < -0.39 is 0 Å². The van der Waals surface area contributed by atoms with E-state index >= 15 is 0 Å². The molecule has 0 saturated carbocycles. The molecule has 2 heterocycles. The summed E-state index contributed by atoms with van der Waals surface area (Å²) in [5.74, 6) is 2.87. The van der Waals surface area contributed by atoms with E-state index in [1.54, 1.807) is 31.3 Å². The number of nitriles is 1. The second-order valence-corrected chi connectivity index (χ2v) is 4.35. The van der Waals surface area contributed by atoms with Crippen molar-refractivity contribution in [1.82, 2.24) is 19.3 Å². The van der Waals surface area contributed by atoms with Gasteiger partial charge in [-0.3, -0.25) is 4.79 Å². The predicted molar refractivity (Wildman–Crippen MR) is 76.2 cm³/mol. The molecule has 3 aromatic rings. The molecular weight excluding hydrogens is 266 g/mol. The van der Waals surface area contributed by atoms with Gasteiger partial charge in [0.05, 0.1) is 18.1 Å². The van der Waals surface area contributed by atoms with Gasteiger partial charge >= 0.3 is 0 Å². The SMILES string of the molecule is Cn1cnc2c(cnn2C#Cc2ccccc2C#N)c1=O. The summed E-state index contributed by atoms with van der Waals surface area (Å²) in [4.78, 5) is 16.0. The molecule has 0 aliphatic heterocycles. The summed E-state index contributed by atoms with van der Waals surface area (Å²) in [5.41, 5.74) is 1.32. The van der Waals surface area contributed by atoms with Crippen molar-refractivity contribution in [3.05, 3.63) is 58.3 Å². The Morgan fingerprint density at radius 3 is 2.76 bits per heavy atom. The van der Waals surface area contributed by atoms with Crippen LogP contribution in [-0.4, -0.2) is 19.3 Å². The van der Waals surface area contributed by atoms with Crippen LogP contribution in [0.2, 0.25) is 0 Å². The molecule has 0 amide bonds. The van der Waals surface area contributed by atoms with Crippen LogP contribution in [0.3, 0.4) is 0 Å². The van der Waals surface area contributed by atoms with Crippen LogP contribution >= 0.6 is 0 Å². The van der Waals surface area contributed by atoms with Crippen LogP contribution in [0.5, 0.6) is 0 Å². The number of aryl methyl sites for hydroxylation is 1. The van der Waals surface area contributed by atoms with Gasteiger partial charge in [-0.1, -0.05) is 12.1 Å². The minimum atomic E-state index is -0.175. The largest absolute Gasteiger partial charge is 0.302 e. The van der Waals surface area contributed by atoms with E-state index in [0.717, 1.165) is 0 Å². The first kappa shape index (κ1) is 12.6. The summed E-state index contributed by atoms with van der Waals surface area (Å²) in [5, 5.41) is 13.5. The van der Waals surface area contributed by atoms with Crippen LogP contribution < -0.4 is 5.56 Å². The standard InChI is InChI=1S/C15H9N5O/c1-19-10-17-14-13(15(19)21)9-18-20(14)7-6-11-4-2-3-5-12(11)8-16/h2-5,9-10H,1H3. The third kappa shape index (κ3) is 2.15. The highest BCUT2D eigenvalue weighted by Gasteiger charge is 2.07. The number of benzene rings is 1. The molecular formula is C15H9N5O. The van der Waals surface area contributed by atoms with E-state index in [1.165, 1.54) is 21.8 Å². The van der Waals surface area contributed by atoms with E-state index in [1.807, 2.05) is 0 Å². The van der Waals surface area contributed by atoms with E-state index in [2.05, 4.69) is 28.1 Å². The van der Waals surface area contributed by atoms with Crippen LogP contribution in [0.25, 0.3) is 11.0 Å². The second-order valence-electron chi connectivity index (χ2n) is 4.35. The van der Waals surface area contributed by atoms with Crippen LogP contribution in [0.15, 0.2) is 41.6 Å². The van der Waals surface area contributed by atoms with Crippen molar-refractivity contribution in [2.75, 3.05) is 0 Å². The Kier molecular flexibility index (Phi) is 2.98. The van der Waals surface area contributed by atoms with Crippen molar-refractivity contribution >= 4 is 11.0 Å². The summed E-state index contributed by atoms with van der Waals surface area (Å²) in [7, 11) is 1.63. The molecule has 6 nitrogen and oxygen atoms in total. The molecule has 0 bridgehead atoms. The normalized spacial score (nSPS) is 9.90. The Bertz CT molecular complexity index is 995. The van der Waals surface area contributed by atoms with Crippen molar-refractivity contribution < 1.29 is 0 Å². The fraction of sp³-hybridized carbons (Fsp3) is 0.0667. The molecule has 2 aromatic heterocycles. The van der Waals surface area contributed by atoms with Gasteiger partial charge in [0.2, 0.25) is 0 Å². The summed E-state index contributed by atoms with van der Waals surface area (Å²) in [6.07, 6.45) is 2.86. The van der Waals surface area contributed by atoms with Crippen molar-refractivity contribution in [3.63, 3.8) is 0 Å². The lowest BCUT2D eigenvalue weighted by molar-refractivity contribution is 0.835. The minimum Gasteiger partial charge on any atom is -0.302 e. The lowest BCUT2D eigenvalue weighted by atomic mass is 10.1. The van der Waals surface area contributed by atoms with Gasteiger partial charge in [0.1, 0.15) is 11.5 Å². The van der Waals surface area contributed by atoms with Gasteiger partial charge in [0, 0.05) is 18.7 Å². The zero-order valence-corrected chi connectivity index (χ0v) is 11.1. The third-order valence-corrected chi connectivity index (χ3v) is 2.99. The summed E-state index contributed by atoms with van der Waals surface area (Å²) in [6, 6.07) is 11.9. The van der Waals surface area contributed by atoms with Gasteiger partial charge in [0.25, 0.3) is 5.56 Å². The zero-order chi connectivity index (χ0) is 14.8. The molecule has 21 heavy (non-hydrogen) atoms. The highest BCUT2D eigenvalue weighted by Crippen LogP contribution is 2.06. The van der Waals surface area contributed by atoms with Gasteiger partial charge in [0.15, 0.2) is 5.65 Å². The topological polar surface area (TPSA) is 76.5 Å². The highest BCUT2D eigenvalue weighted by atomic mass is 16.1. The Balaban J connectivity index is 2.13. The lowest BCUT2D eigenvalue weighted by Crippen LogP contribution is -2.16. The number of hydrogen-bond acceptors (Lipinski definition) is 4. The lowest BCUT2D eigenvalue weighted by Gasteiger charge is -1.96. The average molecular weight is 275 g/mol. The molecule has 0 spiro atoms. The molecule has 100 valence electrons. The fourth-order valence-electron chi connectivity index (χ4n) is 1.89. The van der Waals surface area contributed by atoms with Gasteiger partial charge in [-0.2, -0.15) is 15.0 Å². The Morgan fingerprint density at radius 1 is 1.24 bits per heavy atom. The summed E-state index contributed by atoms with van der Waals surface area (Å²) >= 11 is 0. The number of fused-ring (bicyclic) bond motifs is 1. The van der Waals surface area contributed by atoms with Gasteiger partial charge in [-0.25, -0.2) is 4.98 Å². The molecule has 0 N–H and O–H groups in total. The smallest absolute Gasteiger partial charge is 0.264 e. The van der Waals surface area contributed by atoms with Crippen LogP contribution in [-0.2, 0) is 7.05 Å². The maximum atomic E-state index is 11.9. The van der Waals surface area contributed by atoms with E-state index in [9.17, 15) is 4.79 Å². The molecule has 6 heteroatoms. The van der Waals surface area contributed by atoms with Crippen molar-refractivity contribution in [1.29, 1.82) is 5.26 Å². The molecule has 0 fully saturated rings. The molecule has 1 aromatic carbocycles. The fourth-order valence-corrected chi connectivity index (χ4v) is 1.89. The van der Waals surface area contributed by atoms with E-state index in [4.69, 9.17) is 5.26 Å². The molecule has 0 saturated heterocycles. The van der Waals surface area contributed by atoms with Crippen LogP contribution in [0, 0.1) is 23.3 Å². The monoisotopic (exact) mass is 275 g/mol. The molecule has 0 aliphatic rings. The van der Waals surface area contributed by atoms with E-state index in [0.29, 0.717) is 22.2 Å². The summed E-state index contributed by atoms with van der Waals surface area (Å²) < 4.78 is 2.72. The quantitative estimate of drug-likeness (QED) is 0.570. The molecule has 0 atom stereocenters. The molecule has 0 radical (unpaired) electrons. The molecule has 0 unspecified atom stereocenters. The van der Waals surface area contributed by atoms with Gasteiger partial charge in [-0.15, -0.1) is 0 Å². The van der Waals surface area contributed by atoms with Crippen molar-refractivity contribution in [2.24, 2.45) is 7.05 Å². The van der Waals surface area contributed by atoms with Crippen molar-refractivity contribution in [2.45, 2.75) is 0 Å². The van der Waals surface area contributed by atoms with Gasteiger partial charge < -0.3 is 4.57 Å². The summed E-state index contributed by atoms with van der Waals surface area (Å²) in [6.45, 7) is 0. The number of nitrogens with zero attached hydrogens (tertiary/aromatic N) is 5. The maximum absolute atomic E-state index is 11.9. The predicted octanol–water partition coefficient (Wildman–Crippen LogP) is 0.859. The third-order valence-electron chi connectivity index (χ3n) is 2.99.